The van der Waals surface area contributed by atoms with E-state index < -0.39 is 17.9 Å². The van der Waals surface area contributed by atoms with E-state index in [1.54, 1.807) is 10.9 Å². The summed E-state index contributed by atoms with van der Waals surface area (Å²) in [5.74, 6) is 0.308. The summed E-state index contributed by atoms with van der Waals surface area (Å²) in [6.45, 7) is 3.75. The van der Waals surface area contributed by atoms with Crippen LogP contribution >= 0.6 is 0 Å². The highest BCUT2D eigenvalue weighted by molar-refractivity contribution is 5.81. The minimum atomic E-state index is -0.749. The topological polar surface area (TPSA) is 118 Å². The van der Waals surface area contributed by atoms with E-state index in [9.17, 15) is 5.11 Å². The Labute approximate surface area is 132 Å². The fraction of sp³-hybridized carbons (Fsp3) is 0.643. The molecule has 2 aromatic heterocycles. The smallest absolute Gasteiger partial charge is 0.168 e. The first-order chi connectivity index (χ1) is 11.1. The van der Waals surface area contributed by atoms with Gasteiger partial charge >= 0.3 is 0 Å². The molecule has 0 saturated carbocycles. The highest BCUT2D eigenvalue weighted by Crippen LogP contribution is 2.48. The summed E-state index contributed by atoms with van der Waals surface area (Å²) >= 11 is 0. The van der Waals surface area contributed by atoms with Gasteiger partial charge in [0.05, 0.1) is 12.9 Å². The number of aromatic nitrogens is 4. The molecule has 9 nitrogen and oxygen atoms in total. The summed E-state index contributed by atoms with van der Waals surface area (Å²) in [6, 6.07) is 0. The van der Waals surface area contributed by atoms with Crippen molar-refractivity contribution in [3.8, 4) is 0 Å². The van der Waals surface area contributed by atoms with Gasteiger partial charge in [-0.25, -0.2) is 15.0 Å². The Kier molecular flexibility index (Phi) is 3.27. The van der Waals surface area contributed by atoms with E-state index in [-0.39, 0.29) is 19.0 Å². The fourth-order valence-corrected chi connectivity index (χ4v) is 3.41. The molecule has 0 aliphatic carbocycles. The predicted molar refractivity (Wildman–Crippen MR) is 79.2 cm³/mol. The molecule has 1 unspecified atom stereocenters. The predicted octanol–water partition coefficient (Wildman–Crippen LogP) is 0.208. The highest BCUT2D eigenvalue weighted by atomic mass is 16.8. The molecule has 2 aliphatic heterocycles. The Bertz CT molecular complexity index is 737. The molecule has 0 aromatic carbocycles. The number of aliphatic hydroxyl groups excluding tert-OH is 1. The molecule has 5 atom stereocenters. The molecule has 0 spiro atoms. The number of nitrogen functional groups attached to an aromatic ring is 1. The van der Waals surface area contributed by atoms with Gasteiger partial charge in [0.1, 0.15) is 29.7 Å². The van der Waals surface area contributed by atoms with E-state index in [0.717, 1.165) is 6.42 Å². The molecular formula is C14H19N5O4. The lowest BCUT2D eigenvalue weighted by Crippen LogP contribution is -2.41. The van der Waals surface area contributed by atoms with Crippen molar-refractivity contribution in [1.29, 1.82) is 0 Å². The van der Waals surface area contributed by atoms with Crippen LogP contribution in [0.15, 0.2) is 12.7 Å². The third-order valence-corrected chi connectivity index (χ3v) is 4.53. The van der Waals surface area contributed by atoms with Crippen LogP contribution in [0.1, 0.15) is 26.5 Å². The fourth-order valence-electron chi connectivity index (χ4n) is 3.41. The Morgan fingerprint density at radius 2 is 2.17 bits per heavy atom. The number of aliphatic hydroxyl groups is 1. The van der Waals surface area contributed by atoms with E-state index in [0.29, 0.717) is 17.0 Å². The molecule has 0 amide bonds. The van der Waals surface area contributed by atoms with Crippen LogP contribution in [0.25, 0.3) is 11.2 Å². The molecule has 4 heterocycles. The summed E-state index contributed by atoms with van der Waals surface area (Å²) < 4.78 is 19.7. The zero-order chi connectivity index (χ0) is 16.2. The van der Waals surface area contributed by atoms with Crippen molar-refractivity contribution in [2.45, 2.75) is 50.6 Å². The summed E-state index contributed by atoms with van der Waals surface area (Å²) in [6.07, 6.45) is 2.02. The van der Waals surface area contributed by atoms with Crippen molar-refractivity contribution in [3.63, 3.8) is 0 Å². The van der Waals surface area contributed by atoms with Crippen molar-refractivity contribution >= 4 is 17.0 Å². The van der Waals surface area contributed by atoms with Crippen LogP contribution in [0.2, 0.25) is 0 Å². The van der Waals surface area contributed by atoms with Gasteiger partial charge in [0, 0.05) is 0 Å². The number of fused-ring (bicyclic) bond motifs is 2. The summed E-state index contributed by atoms with van der Waals surface area (Å²) in [4.78, 5) is 12.5. The lowest BCUT2D eigenvalue weighted by Gasteiger charge is -2.28. The van der Waals surface area contributed by atoms with E-state index in [2.05, 4.69) is 15.0 Å². The zero-order valence-electron chi connectivity index (χ0n) is 12.9. The van der Waals surface area contributed by atoms with E-state index >= 15 is 0 Å². The maximum absolute atomic E-state index is 9.63. The highest BCUT2D eigenvalue weighted by Gasteiger charge is 2.61. The molecule has 0 radical (unpaired) electrons. The van der Waals surface area contributed by atoms with Crippen molar-refractivity contribution in [2.24, 2.45) is 0 Å². The first-order valence-electron chi connectivity index (χ1n) is 7.61. The standard InChI is InChI=1S/C14H19N5O4/c1-3-8-22-10-7(4-20)21-13(14(10,2)23-8)19-6-18-9-11(15)16-5-17-12(9)19/h5-8,10,13,20H,3-4H2,1-2H3,(H2,15,16,17)/t7-,8?,10-,13-,14-/m1/s1. The second-order valence-electron chi connectivity index (χ2n) is 5.99. The summed E-state index contributed by atoms with van der Waals surface area (Å²) in [5, 5.41) is 9.63. The van der Waals surface area contributed by atoms with E-state index in [4.69, 9.17) is 19.9 Å². The molecule has 9 heteroatoms. The molecule has 2 fully saturated rings. The van der Waals surface area contributed by atoms with Crippen LogP contribution in [-0.2, 0) is 14.2 Å². The zero-order valence-corrected chi connectivity index (χ0v) is 12.9. The van der Waals surface area contributed by atoms with E-state index in [1.807, 2.05) is 13.8 Å². The molecular weight excluding hydrogens is 302 g/mol. The van der Waals surface area contributed by atoms with Gasteiger partial charge in [-0.2, -0.15) is 0 Å². The number of nitrogens with zero attached hydrogens (tertiary/aromatic N) is 4. The number of imidazole rings is 1. The van der Waals surface area contributed by atoms with Crippen LogP contribution in [0.4, 0.5) is 5.82 Å². The van der Waals surface area contributed by atoms with Gasteiger partial charge < -0.3 is 25.1 Å². The first-order valence-corrected chi connectivity index (χ1v) is 7.61. The maximum atomic E-state index is 9.63. The average molecular weight is 321 g/mol. The minimum Gasteiger partial charge on any atom is -0.394 e. The van der Waals surface area contributed by atoms with Gasteiger partial charge in [-0.1, -0.05) is 6.92 Å². The third-order valence-electron chi connectivity index (χ3n) is 4.53. The van der Waals surface area contributed by atoms with Crippen LogP contribution in [-0.4, -0.2) is 55.3 Å². The van der Waals surface area contributed by atoms with E-state index in [1.165, 1.54) is 6.33 Å². The summed E-state index contributed by atoms with van der Waals surface area (Å²) in [5.41, 5.74) is 6.16. The Hall–Kier alpha value is -1.81. The normalized spacial score (nSPS) is 36.7. The van der Waals surface area contributed by atoms with Crippen molar-refractivity contribution in [2.75, 3.05) is 12.3 Å². The van der Waals surface area contributed by atoms with Gasteiger partial charge in [-0.15, -0.1) is 0 Å². The molecule has 2 aliphatic rings. The molecule has 2 aromatic rings. The quantitative estimate of drug-likeness (QED) is 0.823. The first kappa shape index (κ1) is 14.8. The van der Waals surface area contributed by atoms with Gasteiger partial charge in [-0.05, 0) is 13.3 Å². The van der Waals surface area contributed by atoms with Crippen LogP contribution in [0, 0.1) is 0 Å². The number of rotatable bonds is 3. The minimum absolute atomic E-state index is 0.152. The van der Waals surface area contributed by atoms with Crippen LogP contribution in [0.3, 0.4) is 0 Å². The molecule has 2 saturated heterocycles. The second-order valence-corrected chi connectivity index (χ2v) is 5.99. The van der Waals surface area contributed by atoms with Gasteiger partial charge in [0.2, 0.25) is 0 Å². The average Bonchev–Trinajstić information content (AvgIpc) is 3.17. The molecule has 3 N–H and O–H groups in total. The number of hydrogen-bond acceptors (Lipinski definition) is 8. The number of anilines is 1. The number of hydrogen-bond donors (Lipinski definition) is 2. The lowest BCUT2D eigenvalue weighted by molar-refractivity contribution is -0.171. The summed E-state index contributed by atoms with van der Waals surface area (Å²) in [7, 11) is 0. The molecule has 4 rings (SSSR count). The van der Waals surface area contributed by atoms with Crippen molar-refractivity contribution in [3.05, 3.63) is 12.7 Å². The third kappa shape index (κ3) is 1.97. The number of ether oxygens (including phenoxy) is 3. The SMILES string of the molecule is CCC1O[C@@H]2[C@@H](CO)O[C@@H](n3cnc4c(N)ncnc43)[C@]2(C)O1. The Morgan fingerprint density at radius 1 is 1.35 bits per heavy atom. The number of nitrogens with two attached hydrogens (primary N) is 1. The second kappa shape index (κ2) is 5.10. The lowest BCUT2D eigenvalue weighted by atomic mass is 9.96. The van der Waals surface area contributed by atoms with Gasteiger partial charge in [-0.3, -0.25) is 4.57 Å². The molecule has 23 heavy (non-hydrogen) atoms. The molecule has 0 bridgehead atoms. The van der Waals surface area contributed by atoms with Gasteiger partial charge in [0.25, 0.3) is 0 Å². The Morgan fingerprint density at radius 3 is 2.91 bits per heavy atom. The van der Waals surface area contributed by atoms with Crippen LogP contribution < -0.4 is 5.73 Å². The Balaban J connectivity index is 1.80. The van der Waals surface area contributed by atoms with Gasteiger partial charge in [0.15, 0.2) is 24.0 Å². The largest absolute Gasteiger partial charge is 0.394 e. The van der Waals surface area contributed by atoms with Crippen LogP contribution in [0.5, 0.6) is 0 Å². The molecule has 124 valence electrons. The maximum Gasteiger partial charge on any atom is 0.168 e. The van der Waals surface area contributed by atoms with Crippen molar-refractivity contribution < 1.29 is 19.3 Å². The monoisotopic (exact) mass is 321 g/mol. The van der Waals surface area contributed by atoms with Crippen molar-refractivity contribution in [1.82, 2.24) is 19.5 Å².